The lowest BCUT2D eigenvalue weighted by atomic mass is 9.77. The van der Waals surface area contributed by atoms with E-state index in [9.17, 15) is 0 Å². The second kappa shape index (κ2) is 6.02. The Balaban J connectivity index is 1.69. The molecular weight excluding hydrogens is 198 g/mol. The maximum absolute atomic E-state index is 6.38. The van der Waals surface area contributed by atoms with Crippen molar-refractivity contribution in [3.8, 4) is 0 Å². The lowest BCUT2D eigenvalue weighted by Gasteiger charge is -2.44. The summed E-state index contributed by atoms with van der Waals surface area (Å²) in [7, 11) is 0. The second-order valence-electron chi connectivity index (χ2n) is 5.56. The van der Waals surface area contributed by atoms with Crippen molar-refractivity contribution in [2.45, 2.75) is 76.4 Å². The molecule has 0 aromatic rings. The molecule has 0 unspecified atom stereocenters. The standard InChI is InChI=1S/C14H27NO/c1-2-11-15-12-10-14(8-5-9-14)16-13-6-3-4-7-13/h13,15H,2-12H2,1H3. The van der Waals surface area contributed by atoms with Gasteiger partial charge in [0.15, 0.2) is 0 Å². The molecule has 94 valence electrons. The summed E-state index contributed by atoms with van der Waals surface area (Å²) in [6.07, 6.45) is 12.4. The van der Waals surface area contributed by atoms with Crippen LogP contribution in [0.2, 0.25) is 0 Å². The van der Waals surface area contributed by atoms with Gasteiger partial charge in [-0.3, -0.25) is 0 Å². The number of nitrogens with one attached hydrogen (secondary N) is 1. The largest absolute Gasteiger partial charge is 0.372 e. The first-order chi connectivity index (χ1) is 7.85. The SMILES string of the molecule is CCCNCCC1(OC2CCCC2)CCC1. The van der Waals surface area contributed by atoms with Crippen molar-refractivity contribution < 1.29 is 4.74 Å². The van der Waals surface area contributed by atoms with E-state index in [1.807, 2.05) is 0 Å². The summed E-state index contributed by atoms with van der Waals surface area (Å²) in [5.74, 6) is 0. The van der Waals surface area contributed by atoms with E-state index in [1.165, 1.54) is 57.8 Å². The molecule has 2 aliphatic rings. The zero-order valence-electron chi connectivity index (χ0n) is 10.8. The van der Waals surface area contributed by atoms with Gasteiger partial charge in [-0.2, -0.15) is 0 Å². The number of hydrogen-bond acceptors (Lipinski definition) is 2. The Kier molecular flexibility index (Phi) is 4.66. The molecule has 0 heterocycles. The Labute approximate surface area is 100 Å². The van der Waals surface area contributed by atoms with Crippen molar-refractivity contribution >= 4 is 0 Å². The van der Waals surface area contributed by atoms with Gasteiger partial charge in [-0.15, -0.1) is 0 Å². The molecule has 0 saturated heterocycles. The van der Waals surface area contributed by atoms with Crippen molar-refractivity contribution in [1.29, 1.82) is 0 Å². The van der Waals surface area contributed by atoms with Gasteiger partial charge in [-0.05, 0) is 58.0 Å². The van der Waals surface area contributed by atoms with Crippen LogP contribution in [-0.4, -0.2) is 24.8 Å². The van der Waals surface area contributed by atoms with Crippen LogP contribution >= 0.6 is 0 Å². The average molecular weight is 225 g/mol. The fourth-order valence-corrected chi connectivity index (χ4v) is 2.98. The van der Waals surface area contributed by atoms with Crippen LogP contribution in [0.4, 0.5) is 0 Å². The molecular formula is C14H27NO. The van der Waals surface area contributed by atoms with E-state index in [1.54, 1.807) is 0 Å². The highest BCUT2D eigenvalue weighted by Crippen LogP contribution is 2.41. The summed E-state index contributed by atoms with van der Waals surface area (Å²) in [6, 6.07) is 0. The Morgan fingerprint density at radius 3 is 2.44 bits per heavy atom. The summed E-state index contributed by atoms with van der Waals surface area (Å²) in [6.45, 7) is 4.52. The molecule has 0 aliphatic heterocycles. The average Bonchev–Trinajstić information content (AvgIpc) is 2.73. The summed E-state index contributed by atoms with van der Waals surface area (Å²) in [4.78, 5) is 0. The number of rotatable bonds is 7. The minimum Gasteiger partial charge on any atom is -0.372 e. The Morgan fingerprint density at radius 2 is 1.88 bits per heavy atom. The van der Waals surface area contributed by atoms with Gasteiger partial charge in [0, 0.05) is 0 Å². The first kappa shape index (κ1) is 12.4. The highest BCUT2D eigenvalue weighted by molar-refractivity contribution is 4.92. The van der Waals surface area contributed by atoms with Crippen molar-refractivity contribution in [2.75, 3.05) is 13.1 Å². The predicted octanol–water partition coefficient (Wildman–Crippen LogP) is 3.26. The van der Waals surface area contributed by atoms with E-state index in [0.29, 0.717) is 6.10 Å². The molecule has 0 atom stereocenters. The van der Waals surface area contributed by atoms with E-state index >= 15 is 0 Å². The molecule has 2 saturated carbocycles. The third kappa shape index (κ3) is 3.21. The molecule has 0 aromatic heterocycles. The van der Waals surface area contributed by atoms with Crippen LogP contribution < -0.4 is 5.32 Å². The molecule has 2 fully saturated rings. The van der Waals surface area contributed by atoms with E-state index in [-0.39, 0.29) is 5.60 Å². The van der Waals surface area contributed by atoms with Gasteiger partial charge in [0.25, 0.3) is 0 Å². The van der Waals surface area contributed by atoms with Crippen LogP contribution in [0.3, 0.4) is 0 Å². The van der Waals surface area contributed by atoms with Crippen molar-refractivity contribution in [3.63, 3.8) is 0 Å². The Morgan fingerprint density at radius 1 is 1.12 bits per heavy atom. The molecule has 1 N–H and O–H groups in total. The summed E-state index contributed by atoms with van der Waals surface area (Å²) < 4.78 is 6.38. The molecule has 2 heteroatoms. The van der Waals surface area contributed by atoms with E-state index in [0.717, 1.165) is 13.1 Å². The predicted molar refractivity (Wildman–Crippen MR) is 67.7 cm³/mol. The molecule has 2 rings (SSSR count). The molecule has 0 bridgehead atoms. The van der Waals surface area contributed by atoms with Crippen molar-refractivity contribution in [1.82, 2.24) is 5.32 Å². The smallest absolute Gasteiger partial charge is 0.0698 e. The van der Waals surface area contributed by atoms with Crippen LogP contribution in [0.5, 0.6) is 0 Å². The monoisotopic (exact) mass is 225 g/mol. The first-order valence-electron chi connectivity index (χ1n) is 7.23. The van der Waals surface area contributed by atoms with Crippen LogP contribution in [0.15, 0.2) is 0 Å². The first-order valence-corrected chi connectivity index (χ1v) is 7.23. The lowest BCUT2D eigenvalue weighted by molar-refractivity contribution is -0.140. The summed E-state index contributed by atoms with van der Waals surface area (Å²) in [5.41, 5.74) is 0.274. The van der Waals surface area contributed by atoms with Gasteiger partial charge >= 0.3 is 0 Å². The lowest BCUT2D eigenvalue weighted by Crippen LogP contribution is -2.44. The zero-order chi connectivity index (χ0) is 11.3. The van der Waals surface area contributed by atoms with Gasteiger partial charge in [0.2, 0.25) is 0 Å². The highest BCUT2D eigenvalue weighted by Gasteiger charge is 2.39. The minimum atomic E-state index is 0.274. The summed E-state index contributed by atoms with van der Waals surface area (Å²) in [5, 5.41) is 3.50. The normalized spacial score (nSPS) is 24.6. The maximum Gasteiger partial charge on any atom is 0.0698 e. The minimum absolute atomic E-state index is 0.274. The van der Waals surface area contributed by atoms with Gasteiger partial charge < -0.3 is 10.1 Å². The molecule has 0 spiro atoms. The zero-order valence-corrected chi connectivity index (χ0v) is 10.8. The van der Waals surface area contributed by atoms with Gasteiger partial charge in [0.1, 0.15) is 0 Å². The van der Waals surface area contributed by atoms with Crippen molar-refractivity contribution in [3.05, 3.63) is 0 Å². The third-order valence-corrected chi connectivity index (χ3v) is 4.17. The third-order valence-electron chi connectivity index (χ3n) is 4.17. The second-order valence-corrected chi connectivity index (χ2v) is 5.56. The van der Waals surface area contributed by atoms with Crippen LogP contribution in [0.1, 0.15) is 64.7 Å². The molecule has 0 amide bonds. The fraction of sp³-hybridized carbons (Fsp3) is 1.00. The summed E-state index contributed by atoms with van der Waals surface area (Å²) >= 11 is 0. The molecule has 0 aromatic carbocycles. The van der Waals surface area contributed by atoms with Gasteiger partial charge in [-0.25, -0.2) is 0 Å². The number of ether oxygens (including phenoxy) is 1. The fourth-order valence-electron chi connectivity index (χ4n) is 2.98. The van der Waals surface area contributed by atoms with Crippen molar-refractivity contribution in [2.24, 2.45) is 0 Å². The Bertz CT molecular complexity index is 195. The van der Waals surface area contributed by atoms with Crippen LogP contribution in [0, 0.1) is 0 Å². The quantitative estimate of drug-likeness (QED) is 0.672. The van der Waals surface area contributed by atoms with Crippen LogP contribution in [0.25, 0.3) is 0 Å². The van der Waals surface area contributed by atoms with E-state index < -0.39 is 0 Å². The maximum atomic E-state index is 6.38. The molecule has 0 radical (unpaired) electrons. The molecule has 2 nitrogen and oxygen atoms in total. The van der Waals surface area contributed by atoms with E-state index in [4.69, 9.17) is 4.74 Å². The van der Waals surface area contributed by atoms with Gasteiger partial charge in [-0.1, -0.05) is 19.8 Å². The molecule has 16 heavy (non-hydrogen) atoms. The van der Waals surface area contributed by atoms with Crippen LogP contribution in [-0.2, 0) is 4.74 Å². The Hall–Kier alpha value is -0.0800. The number of hydrogen-bond donors (Lipinski definition) is 1. The molecule has 2 aliphatic carbocycles. The van der Waals surface area contributed by atoms with E-state index in [2.05, 4.69) is 12.2 Å². The van der Waals surface area contributed by atoms with Gasteiger partial charge in [0.05, 0.1) is 11.7 Å². The topological polar surface area (TPSA) is 21.3 Å². The highest BCUT2D eigenvalue weighted by atomic mass is 16.5.